The van der Waals surface area contributed by atoms with Crippen LogP contribution in [-0.2, 0) is 0 Å². The second kappa shape index (κ2) is 14.0. The predicted octanol–water partition coefficient (Wildman–Crippen LogP) is 11.4. The molecular formula is C58H38N4Si. The maximum absolute atomic E-state index is 5.81. The van der Waals surface area contributed by atoms with Gasteiger partial charge in [0.25, 0.3) is 0 Å². The molecule has 3 aromatic heterocycles. The van der Waals surface area contributed by atoms with Crippen LogP contribution in [-0.4, -0.2) is 27.2 Å². The zero-order valence-corrected chi connectivity index (χ0v) is 35.2. The van der Waals surface area contributed by atoms with Gasteiger partial charge >= 0.3 is 0 Å². The minimum absolute atomic E-state index is 0.718. The van der Waals surface area contributed by atoms with Crippen LogP contribution in [0.3, 0.4) is 0 Å². The second-order valence-electron chi connectivity index (χ2n) is 16.4. The molecule has 0 unspecified atom stereocenters. The van der Waals surface area contributed by atoms with Gasteiger partial charge in [0.05, 0.1) is 39.1 Å². The average molecular weight is 819 g/mol. The van der Waals surface area contributed by atoms with E-state index in [1.54, 1.807) is 0 Å². The van der Waals surface area contributed by atoms with E-state index in [-0.39, 0.29) is 0 Å². The van der Waals surface area contributed by atoms with Crippen molar-refractivity contribution >= 4 is 72.4 Å². The summed E-state index contributed by atoms with van der Waals surface area (Å²) in [5.41, 5.74) is 12.1. The molecule has 1 aliphatic heterocycles. The van der Waals surface area contributed by atoms with Gasteiger partial charge < -0.3 is 9.13 Å². The third-order valence-electron chi connectivity index (χ3n) is 13.2. The number of hydrogen-bond acceptors (Lipinski definition) is 2. The lowest BCUT2D eigenvalue weighted by Crippen LogP contribution is -2.73. The number of nitrogens with zero attached hydrogens (tertiary/aromatic N) is 4. The van der Waals surface area contributed by atoms with Crippen molar-refractivity contribution in [1.29, 1.82) is 0 Å². The zero-order chi connectivity index (χ0) is 41.5. The fraction of sp³-hybridized carbons (Fsp3) is 0. The van der Waals surface area contributed by atoms with Gasteiger partial charge in [-0.1, -0.05) is 194 Å². The molecule has 0 spiro atoms. The van der Waals surface area contributed by atoms with Gasteiger partial charge in [-0.2, -0.15) is 0 Å². The molecule has 0 aliphatic carbocycles. The van der Waals surface area contributed by atoms with Crippen LogP contribution in [0.15, 0.2) is 231 Å². The highest BCUT2D eigenvalue weighted by molar-refractivity contribution is 7.22. The van der Waals surface area contributed by atoms with Crippen LogP contribution in [0.25, 0.3) is 88.9 Å². The molecule has 0 radical (unpaired) electrons. The van der Waals surface area contributed by atoms with Gasteiger partial charge in [-0.3, -0.25) is 0 Å². The smallest absolute Gasteiger partial charge is 0.185 e. The largest absolute Gasteiger partial charge is 0.309 e. The summed E-state index contributed by atoms with van der Waals surface area (Å²) in [4.78, 5) is 11.4. The molecule has 0 saturated carbocycles. The molecule has 0 N–H and O–H groups in total. The highest BCUT2D eigenvalue weighted by Crippen LogP contribution is 2.44. The number of rotatable bonds is 6. The maximum Gasteiger partial charge on any atom is 0.185 e. The van der Waals surface area contributed by atoms with Crippen LogP contribution >= 0.6 is 0 Å². The number of benzene rings is 9. The lowest BCUT2D eigenvalue weighted by molar-refractivity contribution is 1.16. The summed E-state index contributed by atoms with van der Waals surface area (Å²) in [6.07, 6.45) is 0. The van der Waals surface area contributed by atoms with Crippen LogP contribution in [0.4, 0.5) is 0 Å². The Labute approximate surface area is 365 Å². The first-order valence-electron chi connectivity index (χ1n) is 21.6. The van der Waals surface area contributed by atoms with Crippen molar-refractivity contribution in [2.75, 3.05) is 0 Å². The molecule has 63 heavy (non-hydrogen) atoms. The molecule has 4 heterocycles. The van der Waals surface area contributed by atoms with Crippen LogP contribution < -0.4 is 20.7 Å². The summed E-state index contributed by atoms with van der Waals surface area (Å²) in [5.74, 6) is 0.718. The van der Waals surface area contributed by atoms with Crippen LogP contribution in [0.5, 0.6) is 0 Å². The van der Waals surface area contributed by atoms with E-state index in [2.05, 4.69) is 240 Å². The Bertz CT molecular complexity index is 3690. The van der Waals surface area contributed by atoms with Crippen LogP contribution in [0, 0.1) is 0 Å². The number of fused-ring (bicyclic) bond motifs is 10. The Morgan fingerprint density at radius 3 is 1.59 bits per heavy atom. The van der Waals surface area contributed by atoms with Crippen molar-refractivity contribution in [2.24, 2.45) is 0 Å². The van der Waals surface area contributed by atoms with E-state index in [0.717, 1.165) is 45.2 Å². The molecule has 0 saturated heterocycles. The summed E-state index contributed by atoms with van der Waals surface area (Å²) in [6, 6.07) is 83.9. The molecule has 294 valence electrons. The third-order valence-corrected chi connectivity index (χ3v) is 18.1. The number of aromatic nitrogens is 4. The second-order valence-corrected chi connectivity index (χ2v) is 20.1. The Morgan fingerprint density at radius 2 is 0.889 bits per heavy atom. The molecule has 13 rings (SSSR count). The topological polar surface area (TPSA) is 35.6 Å². The van der Waals surface area contributed by atoms with Crippen molar-refractivity contribution in [3.63, 3.8) is 0 Å². The van der Waals surface area contributed by atoms with E-state index >= 15 is 0 Å². The quantitative estimate of drug-likeness (QED) is 0.157. The van der Waals surface area contributed by atoms with E-state index < -0.39 is 8.07 Å². The molecule has 0 bridgehead atoms. The fourth-order valence-corrected chi connectivity index (χ4v) is 15.9. The Morgan fingerprint density at radius 1 is 0.365 bits per heavy atom. The molecule has 12 aromatic rings. The van der Waals surface area contributed by atoms with E-state index in [9.17, 15) is 0 Å². The first-order valence-corrected chi connectivity index (χ1v) is 23.6. The standard InChI is InChI=1S/C58H38N4Si/c1-5-21-39(22-6-1)58-59-54(57-55(60-58)47-32-16-20-36-52(47)63(57,41-25-9-3-10-26-41)42-27-11-4-12-28-42)46-31-15-19-35-50(46)62-48-33-17-13-29-43(48)44-37-38-51-53(56(44)62)45-30-14-18-34-49(45)61(51)40-23-7-2-8-24-40/h1-38H. The van der Waals surface area contributed by atoms with Gasteiger partial charge in [0.1, 0.15) is 0 Å². The first-order chi connectivity index (χ1) is 31.3. The molecule has 0 atom stereocenters. The average Bonchev–Trinajstić information content (AvgIpc) is 3.99. The molecule has 0 amide bonds. The highest BCUT2D eigenvalue weighted by atomic mass is 28.3. The third kappa shape index (κ3) is 5.08. The summed E-state index contributed by atoms with van der Waals surface area (Å²) in [7, 11) is -3.04. The molecule has 9 aromatic carbocycles. The first kappa shape index (κ1) is 35.6. The summed E-state index contributed by atoms with van der Waals surface area (Å²) >= 11 is 0. The highest BCUT2D eigenvalue weighted by Gasteiger charge is 2.52. The molecular weight excluding hydrogens is 781 g/mol. The van der Waals surface area contributed by atoms with E-state index in [4.69, 9.17) is 9.97 Å². The van der Waals surface area contributed by atoms with Gasteiger partial charge in [0.15, 0.2) is 13.9 Å². The summed E-state index contributed by atoms with van der Waals surface area (Å²) < 4.78 is 4.94. The minimum Gasteiger partial charge on any atom is -0.309 e. The molecule has 5 heteroatoms. The summed E-state index contributed by atoms with van der Waals surface area (Å²) in [6.45, 7) is 0. The van der Waals surface area contributed by atoms with E-state index in [1.807, 2.05) is 0 Å². The van der Waals surface area contributed by atoms with Crippen molar-refractivity contribution in [2.45, 2.75) is 0 Å². The lowest BCUT2D eigenvalue weighted by atomic mass is 10.0. The minimum atomic E-state index is -3.04. The summed E-state index contributed by atoms with van der Waals surface area (Å²) in [5, 5.41) is 10.0. The van der Waals surface area contributed by atoms with E-state index in [1.165, 1.54) is 64.4 Å². The number of hydrogen-bond donors (Lipinski definition) is 0. The fourth-order valence-electron chi connectivity index (χ4n) is 10.7. The van der Waals surface area contributed by atoms with E-state index in [0.29, 0.717) is 0 Å². The molecule has 1 aliphatic rings. The monoisotopic (exact) mass is 818 g/mol. The van der Waals surface area contributed by atoms with Crippen LogP contribution in [0.2, 0.25) is 0 Å². The Hall–Kier alpha value is -8.12. The Kier molecular flexibility index (Phi) is 7.89. The van der Waals surface area contributed by atoms with Gasteiger partial charge in [0, 0.05) is 49.1 Å². The van der Waals surface area contributed by atoms with Gasteiger partial charge in [0.2, 0.25) is 0 Å². The van der Waals surface area contributed by atoms with Gasteiger partial charge in [-0.05, 0) is 52.0 Å². The van der Waals surface area contributed by atoms with Gasteiger partial charge in [-0.25, -0.2) is 9.97 Å². The predicted molar refractivity (Wildman–Crippen MR) is 264 cm³/mol. The normalized spacial score (nSPS) is 12.9. The van der Waals surface area contributed by atoms with Crippen LogP contribution in [0.1, 0.15) is 0 Å². The lowest BCUT2D eigenvalue weighted by Gasteiger charge is -2.32. The van der Waals surface area contributed by atoms with Crippen molar-refractivity contribution < 1.29 is 0 Å². The van der Waals surface area contributed by atoms with Crippen molar-refractivity contribution in [3.05, 3.63) is 231 Å². The van der Waals surface area contributed by atoms with Crippen molar-refractivity contribution in [1.82, 2.24) is 19.1 Å². The molecule has 4 nitrogen and oxygen atoms in total. The SMILES string of the molecule is c1ccc(-c2nc(-c3ccccc3-n3c4ccccc4c4ccc5c(c6ccccc6n5-c5ccccc5)c43)c3c(n2)-c2ccccc2[Si]3(c2ccccc2)c2ccccc2)cc1. The Balaban J connectivity index is 1.21. The zero-order valence-electron chi connectivity index (χ0n) is 34.2. The molecule has 0 fully saturated rings. The number of para-hydroxylation sites is 4. The van der Waals surface area contributed by atoms with Crippen molar-refractivity contribution in [3.8, 4) is 45.3 Å². The van der Waals surface area contributed by atoms with Gasteiger partial charge in [-0.15, -0.1) is 0 Å². The maximum atomic E-state index is 5.81.